The second kappa shape index (κ2) is 10.2. The molecule has 0 bridgehead atoms. The van der Waals surface area contributed by atoms with Gasteiger partial charge < -0.3 is 9.84 Å². The molecule has 0 saturated heterocycles. The van der Waals surface area contributed by atoms with Crippen molar-refractivity contribution in [1.82, 2.24) is 19.5 Å². The zero-order chi connectivity index (χ0) is 27.9. The summed E-state index contributed by atoms with van der Waals surface area (Å²) in [6.07, 6.45) is 3.24. The van der Waals surface area contributed by atoms with Gasteiger partial charge in [0.15, 0.2) is 5.82 Å². The summed E-state index contributed by atoms with van der Waals surface area (Å²) < 4.78 is 34.9. The third-order valence-corrected chi connectivity index (χ3v) is 6.44. The number of aromatic nitrogens is 4. The Bertz CT molecular complexity index is 1610. The Morgan fingerprint density at radius 2 is 1.66 bits per heavy atom. The van der Waals surface area contributed by atoms with Gasteiger partial charge in [-0.1, -0.05) is 11.6 Å². The first kappa shape index (κ1) is 27.3. The number of aliphatic hydroxyl groups is 1. The molecular formula is C28H27ClF2N4O3. The van der Waals surface area contributed by atoms with Gasteiger partial charge in [0.2, 0.25) is 0 Å². The molecule has 0 fully saturated rings. The highest BCUT2D eigenvalue weighted by Crippen LogP contribution is 2.29. The predicted octanol–water partition coefficient (Wildman–Crippen LogP) is 5.66. The van der Waals surface area contributed by atoms with Crippen molar-refractivity contribution in [2.24, 2.45) is 0 Å². The average Bonchev–Trinajstić information content (AvgIpc) is 2.84. The summed E-state index contributed by atoms with van der Waals surface area (Å²) in [6.45, 7) is 9.84. The molecule has 0 aliphatic rings. The van der Waals surface area contributed by atoms with Gasteiger partial charge in [0.25, 0.3) is 5.56 Å². The molecule has 0 aliphatic heterocycles. The van der Waals surface area contributed by atoms with E-state index >= 15 is 0 Å². The SMILES string of the molecule is Cc1cc(COc2cc(C)n(-c3cc(-c4nc(C(C)(C)O)ncc4C)ncc3C)c(=O)c2Cl)c(F)cc1F. The van der Waals surface area contributed by atoms with Gasteiger partial charge in [-0.25, -0.2) is 18.7 Å². The molecule has 198 valence electrons. The molecule has 1 N–H and O–H groups in total. The molecule has 3 aromatic heterocycles. The van der Waals surface area contributed by atoms with Crippen LogP contribution >= 0.6 is 11.6 Å². The standard InChI is InChI=1S/C28H27ClF2N4O3/c1-14-7-18(20(31)9-19(14)30)13-38-23-8-17(4)35(26(36)24(23)29)22-10-21(32-11-15(22)2)25-16(3)12-33-27(34-25)28(5,6)37/h7-12,37H,13H2,1-6H3. The molecule has 3 heterocycles. The van der Waals surface area contributed by atoms with Crippen LogP contribution in [-0.4, -0.2) is 24.6 Å². The lowest BCUT2D eigenvalue weighted by atomic mass is 10.1. The van der Waals surface area contributed by atoms with E-state index in [0.29, 0.717) is 28.3 Å². The monoisotopic (exact) mass is 540 g/mol. The van der Waals surface area contributed by atoms with Gasteiger partial charge >= 0.3 is 0 Å². The van der Waals surface area contributed by atoms with Crippen LogP contribution in [-0.2, 0) is 12.2 Å². The molecule has 0 aliphatic carbocycles. The summed E-state index contributed by atoms with van der Waals surface area (Å²) >= 11 is 6.41. The van der Waals surface area contributed by atoms with Crippen LogP contribution in [0, 0.1) is 39.3 Å². The van der Waals surface area contributed by atoms with Crippen molar-refractivity contribution in [2.45, 2.75) is 53.8 Å². The van der Waals surface area contributed by atoms with Gasteiger partial charge in [-0.05, 0) is 70.4 Å². The van der Waals surface area contributed by atoms with Crippen molar-refractivity contribution in [3.05, 3.63) is 97.4 Å². The highest BCUT2D eigenvalue weighted by molar-refractivity contribution is 6.31. The molecule has 4 aromatic rings. The van der Waals surface area contributed by atoms with Crippen LogP contribution in [0.25, 0.3) is 17.1 Å². The van der Waals surface area contributed by atoms with Crippen LogP contribution in [0.15, 0.2) is 41.5 Å². The minimum absolute atomic E-state index is 0.0835. The van der Waals surface area contributed by atoms with Crippen molar-refractivity contribution in [1.29, 1.82) is 0 Å². The first-order valence-electron chi connectivity index (χ1n) is 11.8. The van der Waals surface area contributed by atoms with Crippen LogP contribution < -0.4 is 10.3 Å². The number of rotatable bonds is 6. The van der Waals surface area contributed by atoms with E-state index in [2.05, 4.69) is 15.0 Å². The Hall–Kier alpha value is -3.69. The molecule has 7 nitrogen and oxygen atoms in total. The van der Waals surface area contributed by atoms with Gasteiger partial charge in [0.1, 0.15) is 34.6 Å². The molecule has 0 unspecified atom stereocenters. The molecule has 10 heteroatoms. The zero-order valence-corrected chi connectivity index (χ0v) is 22.6. The van der Waals surface area contributed by atoms with E-state index in [4.69, 9.17) is 16.3 Å². The zero-order valence-electron chi connectivity index (χ0n) is 21.9. The minimum Gasteiger partial charge on any atom is -0.487 e. The fourth-order valence-electron chi connectivity index (χ4n) is 3.95. The van der Waals surface area contributed by atoms with Crippen LogP contribution in [0.4, 0.5) is 8.78 Å². The summed E-state index contributed by atoms with van der Waals surface area (Å²) in [6, 6.07) is 5.46. The number of hydrogen-bond acceptors (Lipinski definition) is 6. The summed E-state index contributed by atoms with van der Waals surface area (Å²) in [7, 11) is 0. The van der Waals surface area contributed by atoms with Crippen molar-refractivity contribution in [3.8, 4) is 22.8 Å². The molecule has 0 amide bonds. The summed E-state index contributed by atoms with van der Waals surface area (Å²) in [5.41, 5.74) is 2.15. The Morgan fingerprint density at radius 3 is 2.34 bits per heavy atom. The van der Waals surface area contributed by atoms with Crippen molar-refractivity contribution in [3.63, 3.8) is 0 Å². The second-order valence-electron chi connectivity index (χ2n) is 9.73. The van der Waals surface area contributed by atoms with E-state index in [1.54, 1.807) is 45.3 Å². The first-order valence-corrected chi connectivity index (χ1v) is 12.2. The Kier molecular flexibility index (Phi) is 7.36. The summed E-state index contributed by atoms with van der Waals surface area (Å²) in [5.74, 6) is -1.07. The molecule has 4 rings (SSSR count). The highest BCUT2D eigenvalue weighted by Gasteiger charge is 2.22. The van der Waals surface area contributed by atoms with Gasteiger partial charge in [0.05, 0.1) is 17.1 Å². The largest absolute Gasteiger partial charge is 0.487 e. The lowest BCUT2D eigenvalue weighted by Crippen LogP contribution is -2.23. The number of halogens is 3. The van der Waals surface area contributed by atoms with E-state index < -0.39 is 22.8 Å². The summed E-state index contributed by atoms with van der Waals surface area (Å²) in [5, 5.41) is 10.2. The van der Waals surface area contributed by atoms with E-state index in [1.165, 1.54) is 17.6 Å². The van der Waals surface area contributed by atoms with Gasteiger partial charge in [-0.3, -0.25) is 14.3 Å². The van der Waals surface area contributed by atoms with Crippen molar-refractivity contribution >= 4 is 11.6 Å². The first-order chi connectivity index (χ1) is 17.8. The molecule has 1 aromatic carbocycles. The third kappa shape index (κ3) is 5.30. The molecule has 38 heavy (non-hydrogen) atoms. The molecular weight excluding hydrogens is 514 g/mol. The maximum absolute atomic E-state index is 14.2. The molecule has 0 spiro atoms. The van der Waals surface area contributed by atoms with Crippen molar-refractivity contribution in [2.75, 3.05) is 0 Å². The van der Waals surface area contributed by atoms with E-state index in [1.807, 2.05) is 13.8 Å². The number of benzene rings is 1. The lowest BCUT2D eigenvalue weighted by molar-refractivity contribution is 0.0688. The number of aryl methyl sites for hydroxylation is 4. The topological polar surface area (TPSA) is 90.1 Å². The maximum Gasteiger partial charge on any atom is 0.277 e. The van der Waals surface area contributed by atoms with E-state index in [9.17, 15) is 18.7 Å². The molecule has 0 atom stereocenters. The predicted molar refractivity (Wildman–Crippen MR) is 141 cm³/mol. The van der Waals surface area contributed by atoms with E-state index in [-0.39, 0.29) is 34.3 Å². The molecule has 0 radical (unpaired) electrons. The van der Waals surface area contributed by atoms with Gasteiger partial charge in [-0.2, -0.15) is 0 Å². The van der Waals surface area contributed by atoms with Gasteiger partial charge in [0, 0.05) is 35.8 Å². The Balaban J connectivity index is 1.75. The maximum atomic E-state index is 14.2. The third-order valence-electron chi connectivity index (χ3n) is 6.09. The highest BCUT2D eigenvalue weighted by atomic mass is 35.5. The normalized spacial score (nSPS) is 11.6. The summed E-state index contributed by atoms with van der Waals surface area (Å²) in [4.78, 5) is 26.6. The number of pyridine rings is 2. The Labute approximate surface area is 223 Å². The van der Waals surface area contributed by atoms with E-state index in [0.717, 1.165) is 11.6 Å². The number of ether oxygens (including phenoxy) is 1. The van der Waals surface area contributed by atoms with Crippen LogP contribution in [0.1, 0.15) is 47.6 Å². The van der Waals surface area contributed by atoms with Crippen LogP contribution in [0.3, 0.4) is 0 Å². The minimum atomic E-state index is -1.25. The number of hydrogen-bond donors (Lipinski definition) is 1. The average molecular weight is 541 g/mol. The van der Waals surface area contributed by atoms with Crippen LogP contribution in [0.2, 0.25) is 5.02 Å². The fourth-order valence-corrected chi connectivity index (χ4v) is 4.14. The lowest BCUT2D eigenvalue weighted by Gasteiger charge is -2.18. The fraction of sp³-hybridized carbons (Fsp3) is 0.286. The van der Waals surface area contributed by atoms with Gasteiger partial charge in [-0.15, -0.1) is 0 Å². The smallest absolute Gasteiger partial charge is 0.277 e. The Morgan fingerprint density at radius 1 is 0.974 bits per heavy atom. The second-order valence-corrected chi connectivity index (χ2v) is 10.1. The molecule has 0 saturated carbocycles. The quantitative estimate of drug-likeness (QED) is 0.339. The number of nitrogens with zero attached hydrogens (tertiary/aromatic N) is 4. The van der Waals surface area contributed by atoms with Crippen LogP contribution in [0.5, 0.6) is 5.75 Å². The van der Waals surface area contributed by atoms with Crippen molar-refractivity contribution < 1.29 is 18.6 Å².